The van der Waals surface area contributed by atoms with Crippen LogP contribution in [0.25, 0.3) is 0 Å². The molecular weight excluding hydrogens is 306 g/mol. The van der Waals surface area contributed by atoms with Crippen molar-refractivity contribution >= 4 is 23.3 Å². The lowest BCUT2D eigenvalue weighted by Crippen LogP contribution is -2.33. The van der Waals surface area contributed by atoms with Crippen LogP contribution in [0.5, 0.6) is 0 Å². The molecule has 1 heterocycles. The Labute approximate surface area is 145 Å². The molecule has 1 aliphatic carbocycles. The highest BCUT2D eigenvalue weighted by atomic mass is 32.2. The lowest BCUT2D eigenvalue weighted by Gasteiger charge is -2.33. The monoisotopic (exact) mass is 337 g/mol. The molecule has 0 aromatic heterocycles. The number of ketones is 2. The smallest absolute Gasteiger partial charge is 0.168 e. The van der Waals surface area contributed by atoms with Gasteiger partial charge in [-0.15, -0.1) is 0 Å². The van der Waals surface area contributed by atoms with Crippen molar-refractivity contribution in [2.45, 2.75) is 71.0 Å². The van der Waals surface area contributed by atoms with Gasteiger partial charge in [0.05, 0.1) is 5.57 Å². The van der Waals surface area contributed by atoms with Crippen molar-refractivity contribution < 1.29 is 9.59 Å². The SMILES string of the molecule is CCCC(=O)C1=C(N2CCCC2)C[C@@H](C[C@@H](C)SCC)CC1=O. The molecule has 0 unspecified atom stereocenters. The number of nitrogens with zero attached hydrogens (tertiary/aromatic N) is 1. The predicted octanol–water partition coefficient (Wildman–Crippen LogP) is 4.22. The lowest BCUT2D eigenvalue weighted by atomic mass is 9.81. The molecule has 0 bridgehead atoms. The Hall–Kier alpha value is -0.770. The summed E-state index contributed by atoms with van der Waals surface area (Å²) in [5.41, 5.74) is 1.64. The number of thioether (sulfide) groups is 1. The molecule has 1 fully saturated rings. The number of hydrogen-bond acceptors (Lipinski definition) is 4. The van der Waals surface area contributed by atoms with Gasteiger partial charge in [0.25, 0.3) is 0 Å². The molecule has 2 atom stereocenters. The van der Waals surface area contributed by atoms with E-state index in [2.05, 4.69) is 18.7 Å². The van der Waals surface area contributed by atoms with Crippen LogP contribution >= 0.6 is 11.8 Å². The molecule has 2 aliphatic rings. The Balaban J connectivity index is 2.19. The summed E-state index contributed by atoms with van der Waals surface area (Å²) in [6, 6.07) is 0. The first-order valence-corrected chi connectivity index (χ1v) is 10.3. The summed E-state index contributed by atoms with van der Waals surface area (Å²) in [5, 5.41) is 0.588. The number of rotatable bonds is 8. The van der Waals surface area contributed by atoms with Crippen LogP contribution in [0.1, 0.15) is 65.7 Å². The minimum atomic E-state index is 0.0776. The van der Waals surface area contributed by atoms with Gasteiger partial charge >= 0.3 is 0 Å². The van der Waals surface area contributed by atoms with Crippen molar-refractivity contribution in [2.24, 2.45) is 5.92 Å². The first-order valence-electron chi connectivity index (χ1n) is 9.22. The highest BCUT2D eigenvalue weighted by Crippen LogP contribution is 2.36. The summed E-state index contributed by atoms with van der Waals surface area (Å²) < 4.78 is 0. The zero-order chi connectivity index (χ0) is 16.8. The number of carbonyl (C=O) groups is 2. The van der Waals surface area contributed by atoms with Crippen molar-refractivity contribution in [1.29, 1.82) is 0 Å². The molecule has 2 rings (SSSR count). The molecule has 1 saturated heterocycles. The minimum Gasteiger partial charge on any atom is -0.374 e. The molecule has 4 heteroatoms. The summed E-state index contributed by atoms with van der Waals surface area (Å²) in [5.74, 6) is 1.71. The van der Waals surface area contributed by atoms with Crippen LogP contribution in [0.3, 0.4) is 0 Å². The van der Waals surface area contributed by atoms with E-state index >= 15 is 0 Å². The average Bonchev–Trinajstić information content (AvgIpc) is 3.01. The fourth-order valence-electron chi connectivity index (χ4n) is 3.90. The molecule has 1 aliphatic heterocycles. The molecule has 0 aromatic carbocycles. The van der Waals surface area contributed by atoms with E-state index in [1.807, 2.05) is 18.7 Å². The maximum Gasteiger partial charge on any atom is 0.168 e. The molecule has 130 valence electrons. The molecule has 0 N–H and O–H groups in total. The van der Waals surface area contributed by atoms with Gasteiger partial charge in [-0.1, -0.05) is 20.8 Å². The lowest BCUT2D eigenvalue weighted by molar-refractivity contribution is -0.122. The first kappa shape index (κ1) is 18.6. The van der Waals surface area contributed by atoms with E-state index in [0.717, 1.165) is 43.8 Å². The van der Waals surface area contributed by atoms with Gasteiger partial charge in [-0.05, 0) is 43.8 Å². The zero-order valence-electron chi connectivity index (χ0n) is 14.9. The molecule has 3 nitrogen and oxygen atoms in total. The van der Waals surface area contributed by atoms with Crippen LogP contribution in [0.2, 0.25) is 0 Å². The zero-order valence-corrected chi connectivity index (χ0v) is 15.7. The van der Waals surface area contributed by atoms with Gasteiger partial charge in [0.1, 0.15) is 0 Å². The second kappa shape index (κ2) is 8.91. The normalized spacial score (nSPS) is 23.5. The van der Waals surface area contributed by atoms with E-state index in [-0.39, 0.29) is 11.6 Å². The summed E-state index contributed by atoms with van der Waals surface area (Å²) in [6.45, 7) is 8.47. The van der Waals surface area contributed by atoms with Crippen LogP contribution < -0.4 is 0 Å². The fraction of sp³-hybridized carbons (Fsp3) is 0.789. The largest absolute Gasteiger partial charge is 0.374 e. The number of carbonyl (C=O) groups excluding carboxylic acids is 2. The van der Waals surface area contributed by atoms with Crippen molar-refractivity contribution in [2.75, 3.05) is 18.8 Å². The molecular formula is C19H31NO2S. The maximum atomic E-state index is 12.7. The van der Waals surface area contributed by atoms with Gasteiger partial charge < -0.3 is 4.90 Å². The molecule has 0 amide bonds. The highest BCUT2D eigenvalue weighted by molar-refractivity contribution is 7.99. The Morgan fingerprint density at radius 2 is 1.96 bits per heavy atom. The third-order valence-electron chi connectivity index (χ3n) is 4.88. The predicted molar refractivity (Wildman–Crippen MR) is 97.7 cm³/mol. The molecule has 0 spiro atoms. The van der Waals surface area contributed by atoms with E-state index in [1.54, 1.807) is 0 Å². The highest BCUT2D eigenvalue weighted by Gasteiger charge is 2.34. The van der Waals surface area contributed by atoms with Crippen molar-refractivity contribution in [3.63, 3.8) is 0 Å². The number of allylic oxidation sites excluding steroid dienone is 2. The van der Waals surface area contributed by atoms with Crippen LogP contribution in [0.15, 0.2) is 11.3 Å². The van der Waals surface area contributed by atoms with Crippen molar-refractivity contribution in [3.05, 3.63) is 11.3 Å². The van der Waals surface area contributed by atoms with Gasteiger partial charge in [-0.3, -0.25) is 9.59 Å². The number of hydrogen-bond donors (Lipinski definition) is 0. The third kappa shape index (κ3) is 4.85. The van der Waals surface area contributed by atoms with E-state index in [0.29, 0.717) is 29.6 Å². The molecule has 0 radical (unpaired) electrons. The van der Waals surface area contributed by atoms with Crippen LogP contribution in [0.4, 0.5) is 0 Å². The van der Waals surface area contributed by atoms with Crippen molar-refractivity contribution in [1.82, 2.24) is 4.90 Å². The van der Waals surface area contributed by atoms with E-state index < -0.39 is 0 Å². The van der Waals surface area contributed by atoms with Gasteiger partial charge in [0.2, 0.25) is 0 Å². The number of Topliss-reactive ketones (excluding diaryl/α,β-unsaturated/α-hetero) is 2. The Morgan fingerprint density at radius 1 is 1.26 bits per heavy atom. The topological polar surface area (TPSA) is 37.4 Å². The van der Waals surface area contributed by atoms with E-state index in [1.165, 1.54) is 12.8 Å². The van der Waals surface area contributed by atoms with Crippen molar-refractivity contribution in [3.8, 4) is 0 Å². The molecule has 0 aromatic rings. The van der Waals surface area contributed by atoms with Crippen LogP contribution in [-0.2, 0) is 9.59 Å². The summed E-state index contributed by atoms with van der Waals surface area (Å²) >= 11 is 1.97. The van der Waals surface area contributed by atoms with E-state index in [4.69, 9.17) is 0 Å². The third-order valence-corrected chi connectivity index (χ3v) is 5.98. The minimum absolute atomic E-state index is 0.0776. The van der Waals surface area contributed by atoms with Gasteiger partial charge in [0, 0.05) is 36.9 Å². The van der Waals surface area contributed by atoms with Gasteiger partial charge in [0.15, 0.2) is 11.6 Å². The second-order valence-corrected chi connectivity index (χ2v) is 8.60. The summed E-state index contributed by atoms with van der Waals surface area (Å²) in [7, 11) is 0. The Kier molecular flexibility index (Phi) is 7.19. The van der Waals surface area contributed by atoms with Crippen LogP contribution in [0, 0.1) is 5.92 Å². The Bertz CT molecular complexity index is 466. The number of likely N-dealkylation sites (tertiary alicyclic amines) is 1. The standard InChI is InChI=1S/C19H31NO2S/c1-4-8-17(21)19-16(20-9-6-7-10-20)12-15(13-18(19)22)11-14(3)23-5-2/h14-15H,4-13H2,1-3H3/t14-,15-/m1/s1. The van der Waals surface area contributed by atoms with Gasteiger partial charge in [-0.2, -0.15) is 11.8 Å². The van der Waals surface area contributed by atoms with Crippen LogP contribution in [-0.4, -0.2) is 40.6 Å². The quantitative estimate of drug-likeness (QED) is 0.622. The second-order valence-electron chi connectivity index (χ2n) is 6.89. The van der Waals surface area contributed by atoms with Gasteiger partial charge in [-0.25, -0.2) is 0 Å². The maximum absolute atomic E-state index is 12.7. The average molecular weight is 338 g/mol. The summed E-state index contributed by atoms with van der Waals surface area (Å²) in [6.07, 6.45) is 6.25. The first-order chi connectivity index (χ1) is 11.1. The fourth-order valence-corrected chi connectivity index (χ4v) is 4.88. The summed E-state index contributed by atoms with van der Waals surface area (Å²) in [4.78, 5) is 27.5. The van der Waals surface area contributed by atoms with E-state index in [9.17, 15) is 9.59 Å². The molecule has 0 saturated carbocycles. The Morgan fingerprint density at radius 3 is 2.57 bits per heavy atom. The molecule has 23 heavy (non-hydrogen) atoms.